The molecule has 7 heteroatoms. The van der Waals surface area contributed by atoms with Gasteiger partial charge >= 0.3 is 0 Å². The number of rotatable bonds is 3. The van der Waals surface area contributed by atoms with E-state index in [9.17, 15) is 8.42 Å². The van der Waals surface area contributed by atoms with Crippen LogP contribution in [-0.2, 0) is 10.0 Å². The summed E-state index contributed by atoms with van der Waals surface area (Å²) in [5.41, 5.74) is 5.35. The molecule has 0 aliphatic heterocycles. The van der Waals surface area contributed by atoms with Gasteiger partial charge in [0, 0.05) is 6.04 Å². The highest BCUT2D eigenvalue weighted by Crippen LogP contribution is 2.29. The van der Waals surface area contributed by atoms with Gasteiger partial charge in [0.1, 0.15) is 4.90 Å². The van der Waals surface area contributed by atoms with Crippen molar-refractivity contribution in [2.75, 3.05) is 5.73 Å². The summed E-state index contributed by atoms with van der Waals surface area (Å²) in [6, 6.07) is -0.00578. The van der Waals surface area contributed by atoms with E-state index in [4.69, 9.17) is 5.73 Å². The number of nitrogen functional groups attached to an aromatic ring is 1. The van der Waals surface area contributed by atoms with E-state index >= 15 is 0 Å². The highest BCUT2D eigenvalue weighted by atomic mass is 32.2. The second-order valence-corrected chi connectivity index (χ2v) is 7.08. The topological polar surface area (TPSA) is 98.0 Å². The lowest BCUT2D eigenvalue weighted by molar-refractivity contribution is 0.242. The summed E-state index contributed by atoms with van der Waals surface area (Å²) in [5, 5.41) is 0. The molecule has 0 amide bonds. The fourth-order valence-corrected chi connectivity index (χ4v) is 3.58. The minimum atomic E-state index is -3.55. The van der Waals surface area contributed by atoms with Crippen molar-refractivity contribution in [3.8, 4) is 0 Å². The predicted molar refractivity (Wildman–Crippen MR) is 72.7 cm³/mol. The van der Waals surface area contributed by atoms with Crippen LogP contribution in [0.5, 0.6) is 0 Å². The molecule has 3 unspecified atom stereocenters. The van der Waals surface area contributed by atoms with Gasteiger partial charge in [-0.2, -0.15) is 0 Å². The second kappa shape index (κ2) is 5.42. The van der Waals surface area contributed by atoms with Gasteiger partial charge in [-0.1, -0.05) is 13.8 Å². The predicted octanol–water partition coefficient (Wildman–Crippen LogP) is 1.16. The van der Waals surface area contributed by atoms with Gasteiger partial charge in [-0.25, -0.2) is 23.1 Å². The van der Waals surface area contributed by atoms with Crippen molar-refractivity contribution in [2.45, 2.75) is 44.0 Å². The first-order valence-corrected chi connectivity index (χ1v) is 7.96. The zero-order valence-electron chi connectivity index (χ0n) is 11.2. The van der Waals surface area contributed by atoms with Crippen LogP contribution >= 0.6 is 0 Å². The highest BCUT2D eigenvalue weighted by Gasteiger charge is 2.28. The summed E-state index contributed by atoms with van der Waals surface area (Å²) >= 11 is 0. The lowest BCUT2D eigenvalue weighted by Gasteiger charge is -2.32. The summed E-state index contributed by atoms with van der Waals surface area (Å²) in [6.07, 6.45) is 5.27. The van der Waals surface area contributed by atoms with Crippen molar-refractivity contribution >= 4 is 16.0 Å². The molecule has 1 aliphatic carbocycles. The number of nitrogens with one attached hydrogen (secondary N) is 1. The van der Waals surface area contributed by atoms with Crippen molar-refractivity contribution < 1.29 is 8.42 Å². The number of hydrogen-bond donors (Lipinski definition) is 2. The van der Waals surface area contributed by atoms with E-state index in [1.165, 1.54) is 12.4 Å². The van der Waals surface area contributed by atoms with Crippen molar-refractivity contribution in [1.82, 2.24) is 14.7 Å². The van der Waals surface area contributed by atoms with E-state index in [0.29, 0.717) is 11.8 Å². The van der Waals surface area contributed by atoms with E-state index < -0.39 is 10.0 Å². The van der Waals surface area contributed by atoms with Gasteiger partial charge in [-0.3, -0.25) is 0 Å². The van der Waals surface area contributed by atoms with Gasteiger partial charge in [0.05, 0.1) is 12.4 Å². The van der Waals surface area contributed by atoms with Gasteiger partial charge < -0.3 is 5.73 Å². The first-order chi connectivity index (χ1) is 8.88. The molecule has 0 saturated heterocycles. The highest BCUT2D eigenvalue weighted by molar-refractivity contribution is 7.89. The molecule has 3 atom stereocenters. The fraction of sp³-hybridized carbons (Fsp3) is 0.667. The van der Waals surface area contributed by atoms with Gasteiger partial charge in [-0.15, -0.1) is 0 Å². The van der Waals surface area contributed by atoms with Crippen LogP contribution in [0.1, 0.15) is 33.1 Å². The lowest BCUT2D eigenvalue weighted by atomic mass is 9.79. The average molecular weight is 284 g/mol. The molecule has 0 radical (unpaired) electrons. The molecule has 1 heterocycles. The van der Waals surface area contributed by atoms with Gasteiger partial charge in [0.25, 0.3) is 0 Å². The smallest absolute Gasteiger partial charge is 0.243 e. The summed E-state index contributed by atoms with van der Waals surface area (Å²) in [5.74, 6) is 1.25. The Labute approximate surface area is 113 Å². The van der Waals surface area contributed by atoms with E-state index in [2.05, 4.69) is 28.5 Å². The van der Waals surface area contributed by atoms with Gasteiger partial charge in [0.2, 0.25) is 16.0 Å². The van der Waals surface area contributed by atoms with E-state index in [-0.39, 0.29) is 16.9 Å². The molecule has 0 aromatic carbocycles. The SMILES string of the molecule is CC1CCC(NS(=O)(=O)c2cnc(N)nc2)CC1C. The third kappa shape index (κ3) is 3.42. The van der Waals surface area contributed by atoms with Crippen LogP contribution < -0.4 is 10.5 Å². The molecule has 6 nitrogen and oxygen atoms in total. The maximum atomic E-state index is 12.2. The van der Waals surface area contributed by atoms with Crippen LogP contribution in [0.25, 0.3) is 0 Å². The monoisotopic (exact) mass is 284 g/mol. The molecule has 19 heavy (non-hydrogen) atoms. The van der Waals surface area contributed by atoms with E-state index in [0.717, 1.165) is 19.3 Å². The summed E-state index contributed by atoms with van der Waals surface area (Å²) < 4.78 is 27.1. The number of anilines is 1. The van der Waals surface area contributed by atoms with Crippen molar-refractivity contribution in [3.05, 3.63) is 12.4 Å². The van der Waals surface area contributed by atoms with Crippen LogP contribution in [0.15, 0.2) is 17.3 Å². The van der Waals surface area contributed by atoms with Crippen LogP contribution in [0.3, 0.4) is 0 Å². The molecular formula is C12H20N4O2S. The minimum Gasteiger partial charge on any atom is -0.368 e. The number of nitrogens with zero attached hydrogens (tertiary/aromatic N) is 2. The van der Waals surface area contributed by atoms with E-state index in [1.54, 1.807) is 0 Å². The maximum Gasteiger partial charge on any atom is 0.243 e. The quantitative estimate of drug-likeness (QED) is 0.868. The molecule has 106 valence electrons. The molecule has 1 fully saturated rings. The number of nitrogens with two attached hydrogens (primary N) is 1. The Bertz CT molecular complexity index is 529. The minimum absolute atomic E-state index is 0.00578. The van der Waals surface area contributed by atoms with Crippen molar-refractivity contribution in [2.24, 2.45) is 11.8 Å². The average Bonchev–Trinajstić information content (AvgIpc) is 2.34. The molecule has 1 aliphatic rings. The third-order valence-electron chi connectivity index (χ3n) is 3.88. The zero-order valence-corrected chi connectivity index (χ0v) is 12.0. The molecule has 0 spiro atoms. The second-order valence-electron chi connectivity index (χ2n) is 5.36. The van der Waals surface area contributed by atoms with Crippen LogP contribution in [0.2, 0.25) is 0 Å². The molecule has 1 aromatic heterocycles. The Morgan fingerprint density at radius 2 is 1.84 bits per heavy atom. The molecular weight excluding hydrogens is 264 g/mol. The summed E-state index contributed by atoms with van der Waals surface area (Å²) in [7, 11) is -3.55. The standard InChI is InChI=1S/C12H20N4O2S/c1-8-3-4-10(5-9(8)2)16-19(17,18)11-6-14-12(13)15-7-11/h6-10,16H,3-5H2,1-2H3,(H2,13,14,15). The molecule has 2 rings (SSSR count). The maximum absolute atomic E-state index is 12.2. The van der Waals surface area contributed by atoms with Crippen LogP contribution in [0.4, 0.5) is 5.95 Å². The van der Waals surface area contributed by atoms with Crippen molar-refractivity contribution in [1.29, 1.82) is 0 Å². The summed E-state index contributed by atoms with van der Waals surface area (Å²) in [6.45, 7) is 4.38. The first-order valence-electron chi connectivity index (χ1n) is 6.48. The molecule has 0 bridgehead atoms. The Balaban J connectivity index is 2.07. The normalized spacial score (nSPS) is 28.2. The van der Waals surface area contributed by atoms with Gasteiger partial charge in [-0.05, 0) is 31.1 Å². The van der Waals surface area contributed by atoms with Gasteiger partial charge in [0.15, 0.2) is 0 Å². The third-order valence-corrected chi connectivity index (χ3v) is 5.35. The molecule has 1 saturated carbocycles. The number of sulfonamides is 1. The van der Waals surface area contributed by atoms with Crippen LogP contribution in [-0.4, -0.2) is 24.4 Å². The Hall–Kier alpha value is -1.21. The Kier molecular flexibility index (Phi) is 4.05. The summed E-state index contributed by atoms with van der Waals surface area (Å²) in [4.78, 5) is 7.49. The first kappa shape index (κ1) is 14.2. The zero-order chi connectivity index (χ0) is 14.0. The van der Waals surface area contributed by atoms with Crippen LogP contribution in [0, 0.1) is 11.8 Å². The lowest BCUT2D eigenvalue weighted by Crippen LogP contribution is -2.39. The Morgan fingerprint density at radius 1 is 1.21 bits per heavy atom. The largest absolute Gasteiger partial charge is 0.368 e. The fourth-order valence-electron chi connectivity index (χ4n) is 2.41. The number of hydrogen-bond acceptors (Lipinski definition) is 5. The molecule has 1 aromatic rings. The van der Waals surface area contributed by atoms with E-state index in [1.807, 2.05) is 0 Å². The number of aromatic nitrogens is 2. The molecule has 3 N–H and O–H groups in total. The Morgan fingerprint density at radius 3 is 2.42 bits per heavy atom. The van der Waals surface area contributed by atoms with Crippen molar-refractivity contribution in [3.63, 3.8) is 0 Å².